The van der Waals surface area contributed by atoms with E-state index in [9.17, 15) is 13.9 Å². The van der Waals surface area contributed by atoms with Gasteiger partial charge in [0.1, 0.15) is 23.0 Å². The van der Waals surface area contributed by atoms with Gasteiger partial charge in [0.25, 0.3) is 0 Å². The van der Waals surface area contributed by atoms with Crippen molar-refractivity contribution in [2.24, 2.45) is 0 Å². The first kappa shape index (κ1) is 26.4. The number of hydrogen-bond donors (Lipinski definition) is 2. The van der Waals surface area contributed by atoms with E-state index in [1.54, 1.807) is 41.0 Å². The van der Waals surface area contributed by atoms with Crippen LogP contribution >= 0.6 is 0 Å². The molecule has 186 valence electrons. The van der Waals surface area contributed by atoms with Crippen molar-refractivity contribution in [3.63, 3.8) is 0 Å². The van der Waals surface area contributed by atoms with Crippen LogP contribution in [0.4, 0.5) is 14.6 Å². The lowest BCUT2D eigenvalue weighted by Crippen LogP contribution is -2.04. The van der Waals surface area contributed by atoms with Crippen molar-refractivity contribution in [1.29, 1.82) is 0 Å². The van der Waals surface area contributed by atoms with E-state index in [-0.39, 0.29) is 23.8 Å². The Balaban J connectivity index is 0.000000861. The number of imidazole rings is 1. The number of halogens is 2. The van der Waals surface area contributed by atoms with Crippen LogP contribution < -0.4 is 5.73 Å². The molecular weight excluding hydrogens is 462 g/mol. The molecule has 0 spiro atoms. The van der Waals surface area contributed by atoms with E-state index >= 15 is 0 Å². The van der Waals surface area contributed by atoms with Gasteiger partial charge in [-0.15, -0.1) is 0 Å². The fourth-order valence-electron chi connectivity index (χ4n) is 3.46. The van der Waals surface area contributed by atoms with Crippen LogP contribution in [0.3, 0.4) is 0 Å². The molecule has 4 aromatic heterocycles. The molecule has 36 heavy (non-hydrogen) atoms. The fraction of sp³-hybridized carbons (Fsp3) is 0.185. The van der Waals surface area contributed by atoms with E-state index in [2.05, 4.69) is 19.9 Å². The predicted octanol–water partition coefficient (Wildman–Crippen LogP) is 5.95. The number of aliphatic hydroxyl groups is 1. The summed E-state index contributed by atoms with van der Waals surface area (Å²) in [5.74, 6) is -0.791. The highest BCUT2D eigenvalue weighted by Crippen LogP contribution is 2.33. The van der Waals surface area contributed by atoms with Crippen LogP contribution in [0.25, 0.3) is 39.6 Å². The summed E-state index contributed by atoms with van der Waals surface area (Å²) in [5, 5.41) is 9.38. The quantitative estimate of drug-likeness (QED) is 0.323. The third-order valence-electron chi connectivity index (χ3n) is 5.02. The average Bonchev–Trinajstić information content (AvgIpc) is 3.29. The number of nitrogen functional groups attached to an aromatic ring is 1. The maximum Gasteiger partial charge on any atom is 0.165 e. The molecule has 5 rings (SSSR count). The zero-order chi connectivity index (χ0) is 26.2. The zero-order valence-electron chi connectivity index (χ0n) is 20.6. The van der Waals surface area contributed by atoms with Crippen molar-refractivity contribution in [1.82, 2.24) is 24.5 Å². The van der Waals surface area contributed by atoms with Crippen LogP contribution in [-0.4, -0.2) is 29.6 Å². The molecule has 4 heterocycles. The van der Waals surface area contributed by atoms with Crippen molar-refractivity contribution in [3.8, 4) is 28.5 Å². The van der Waals surface area contributed by atoms with Gasteiger partial charge in [0, 0.05) is 11.9 Å². The summed E-state index contributed by atoms with van der Waals surface area (Å²) in [5.41, 5.74) is 9.32. The second-order valence-electron chi connectivity index (χ2n) is 7.05. The van der Waals surface area contributed by atoms with E-state index in [1.165, 1.54) is 24.4 Å². The Morgan fingerprint density at radius 1 is 0.833 bits per heavy atom. The Bertz CT molecular complexity index is 1410. The molecule has 0 saturated carbocycles. The number of aliphatic hydroxyl groups excluding tert-OH is 1. The molecule has 5 aromatic rings. The number of benzene rings is 1. The van der Waals surface area contributed by atoms with Gasteiger partial charge in [-0.25, -0.2) is 23.7 Å². The number of rotatable bonds is 4. The van der Waals surface area contributed by atoms with Crippen molar-refractivity contribution in [3.05, 3.63) is 84.2 Å². The molecule has 0 aliphatic heterocycles. The van der Waals surface area contributed by atoms with E-state index in [4.69, 9.17) is 5.73 Å². The molecule has 0 bridgehead atoms. The molecular formula is C27H28F2N6O. The van der Waals surface area contributed by atoms with E-state index in [1.807, 2.05) is 27.7 Å². The summed E-state index contributed by atoms with van der Waals surface area (Å²) >= 11 is 0. The van der Waals surface area contributed by atoms with Gasteiger partial charge in [0.05, 0.1) is 29.8 Å². The summed E-state index contributed by atoms with van der Waals surface area (Å²) in [4.78, 5) is 17.4. The highest BCUT2D eigenvalue weighted by molar-refractivity contribution is 5.84. The van der Waals surface area contributed by atoms with Crippen LogP contribution in [0.5, 0.6) is 0 Å². The lowest BCUT2D eigenvalue weighted by atomic mass is 10.2. The first-order valence-corrected chi connectivity index (χ1v) is 11.7. The van der Waals surface area contributed by atoms with Crippen molar-refractivity contribution >= 4 is 17.0 Å². The second kappa shape index (κ2) is 11.9. The Labute approximate surface area is 208 Å². The number of anilines is 1. The van der Waals surface area contributed by atoms with Gasteiger partial charge in [-0.1, -0.05) is 39.8 Å². The molecule has 7 nitrogen and oxygen atoms in total. The normalized spacial score (nSPS) is 10.3. The van der Waals surface area contributed by atoms with Gasteiger partial charge in [0.2, 0.25) is 0 Å². The molecule has 3 N–H and O–H groups in total. The van der Waals surface area contributed by atoms with Crippen molar-refractivity contribution < 1.29 is 13.9 Å². The molecule has 0 radical (unpaired) electrons. The van der Waals surface area contributed by atoms with Crippen LogP contribution in [0.2, 0.25) is 0 Å². The summed E-state index contributed by atoms with van der Waals surface area (Å²) in [6.07, 6.45) is 2.40. The minimum absolute atomic E-state index is 0.00559. The number of nitrogens with zero attached hydrogens (tertiary/aromatic N) is 5. The van der Waals surface area contributed by atoms with Crippen molar-refractivity contribution in [2.75, 3.05) is 5.73 Å². The second-order valence-corrected chi connectivity index (χ2v) is 7.05. The van der Waals surface area contributed by atoms with Gasteiger partial charge >= 0.3 is 0 Å². The molecule has 0 saturated heterocycles. The largest absolute Gasteiger partial charge is 0.392 e. The highest BCUT2D eigenvalue weighted by atomic mass is 19.1. The molecule has 0 amide bonds. The Kier molecular flexibility index (Phi) is 8.75. The lowest BCUT2D eigenvalue weighted by Gasteiger charge is -2.11. The van der Waals surface area contributed by atoms with Gasteiger partial charge in [-0.05, 0) is 48.0 Å². The SMILES string of the molecule is CC.CC.Nc1nccc(F)c1-c1nc2ccc(-c3ccc(F)cn3)nc2n1-c1ccc(CO)cc1. The summed E-state index contributed by atoms with van der Waals surface area (Å²) in [7, 11) is 0. The molecule has 0 unspecified atom stereocenters. The van der Waals surface area contributed by atoms with E-state index in [0.29, 0.717) is 28.2 Å². The average molecular weight is 491 g/mol. The third kappa shape index (κ3) is 5.21. The first-order chi connectivity index (χ1) is 17.5. The Morgan fingerprint density at radius 2 is 1.53 bits per heavy atom. The lowest BCUT2D eigenvalue weighted by molar-refractivity contribution is 0.282. The van der Waals surface area contributed by atoms with Crippen LogP contribution in [0.15, 0.2) is 67.0 Å². The predicted molar refractivity (Wildman–Crippen MR) is 138 cm³/mol. The summed E-state index contributed by atoms with van der Waals surface area (Å²) in [6.45, 7) is 7.89. The van der Waals surface area contributed by atoms with Crippen LogP contribution in [0, 0.1) is 11.6 Å². The molecule has 1 aromatic carbocycles. The molecule has 0 aliphatic rings. The third-order valence-corrected chi connectivity index (χ3v) is 5.02. The molecule has 0 atom stereocenters. The number of nitrogens with two attached hydrogens (primary N) is 1. The minimum atomic E-state index is -0.568. The maximum atomic E-state index is 14.8. The Morgan fingerprint density at radius 3 is 2.14 bits per heavy atom. The minimum Gasteiger partial charge on any atom is -0.392 e. The van der Waals surface area contributed by atoms with E-state index < -0.39 is 11.6 Å². The summed E-state index contributed by atoms with van der Waals surface area (Å²) < 4.78 is 29.8. The van der Waals surface area contributed by atoms with Gasteiger partial charge in [-0.2, -0.15) is 0 Å². The molecule has 9 heteroatoms. The monoisotopic (exact) mass is 490 g/mol. The molecule has 0 aliphatic carbocycles. The Hall–Kier alpha value is -4.24. The standard InChI is InChI=1S/C23H16F2N6O.2C2H6/c24-14-3-6-17(28-11-14)18-7-8-19-22(29-18)31(15-4-1-13(12-32)2-5-15)23(30-19)20-16(25)9-10-27-21(20)26;2*1-2/h1-11,32H,12H2,(H2,26,27);2*1-2H3. The van der Waals surface area contributed by atoms with Gasteiger partial charge in [-0.3, -0.25) is 9.55 Å². The maximum absolute atomic E-state index is 14.8. The van der Waals surface area contributed by atoms with Gasteiger partial charge < -0.3 is 10.8 Å². The number of pyridine rings is 3. The zero-order valence-corrected chi connectivity index (χ0v) is 20.6. The van der Waals surface area contributed by atoms with Gasteiger partial charge in [0.15, 0.2) is 11.5 Å². The fourth-order valence-corrected chi connectivity index (χ4v) is 3.46. The number of fused-ring (bicyclic) bond motifs is 1. The highest BCUT2D eigenvalue weighted by Gasteiger charge is 2.21. The molecule has 0 fully saturated rings. The van der Waals surface area contributed by atoms with E-state index in [0.717, 1.165) is 11.8 Å². The summed E-state index contributed by atoms with van der Waals surface area (Å²) in [6, 6.07) is 14.5. The van der Waals surface area contributed by atoms with Crippen molar-refractivity contribution in [2.45, 2.75) is 34.3 Å². The smallest absolute Gasteiger partial charge is 0.165 e. The van der Waals surface area contributed by atoms with Crippen LogP contribution in [0.1, 0.15) is 33.3 Å². The topological polar surface area (TPSA) is 103 Å². The van der Waals surface area contributed by atoms with Crippen LogP contribution in [-0.2, 0) is 6.61 Å². The number of aromatic nitrogens is 5. The first-order valence-electron chi connectivity index (χ1n) is 11.7. The number of hydrogen-bond acceptors (Lipinski definition) is 6.